The first kappa shape index (κ1) is 14.3. The van der Waals surface area contributed by atoms with Gasteiger partial charge in [0, 0.05) is 12.6 Å². The quantitative estimate of drug-likeness (QED) is 0.879. The molecule has 1 rings (SSSR count). The van der Waals surface area contributed by atoms with E-state index in [1.54, 1.807) is 7.11 Å². The van der Waals surface area contributed by atoms with Crippen molar-refractivity contribution in [2.75, 3.05) is 27.7 Å². The summed E-state index contributed by atoms with van der Waals surface area (Å²) in [6.07, 6.45) is 0. The normalized spacial score (nSPS) is 14.8. The molecule has 0 heterocycles. The second kappa shape index (κ2) is 6.24. The summed E-state index contributed by atoms with van der Waals surface area (Å²) in [4.78, 5) is 2.14. The predicted octanol–water partition coefficient (Wildman–Crippen LogP) is 2.34. The van der Waals surface area contributed by atoms with E-state index in [2.05, 4.69) is 11.8 Å². The van der Waals surface area contributed by atoms with Crippen molar-refractivity contribution in [3.05, 3.63) is 28.8 Å². The average molecular weight is 257 g/mol. The molecule has 96 valence electrons. The summed E-state index contributed by atoms with van der Waals surface area (Å²) in [5, 5.41) is 0.645. The van der Waals surface area contributed by atoms with Crippen molar-refractivity contribution in [1.29, 1.82) is 0 Å². The van der Waals surface area contributed by atoms with Crippen LogP contribution in [0.3, 0.4) is 0 Å². The Labute approximate surface area is 109 Å². The number of ether oxygens (including phenoxy) is 1. The van der Waals surface area contributed by atoms with Crippen LogP contribution in [0.25, 0.3) is 0 Å². The van der Waals surface area contributed by atoms with Crippen molar-refractivity contribution in [1.82, 2.24) is 4.90 Å². The molecule has 2 atom stereocenters. The lowest BCUT2D eigenvalue weighted by Crippen LogP contribution is -2.39. The smallest absolute Gasteiger partial charge is 0.137 e. The summed E-state index contributed by atoms with van der Waals surface area (Å²) in [6, 6.07) is 6.20. The Balaban J connectivity index is 2.95. The van der Waals surface area contributed by atoms with E-state index in [0.29, 0.717) is 29.3 Å². The monoisotopic (exact) mass is 256 g/mol. The lowest BCUT2D eigenvalue weighted by Gasteiger charge is -2.29. The molecule has 0 aliphatic rings. The number of hydrogen-bond acceptors (Lipinski definition) is 3. The van der Waals surface area contributed by atoms with E-state index in [1.165, 1.54) is 5.56 Å². The molecule has 0 amide bonds. The van der Waals surface area contributed by atoms with Gasteiger partial charge in [-0.15, -0.1) is 0 Å². The van der Waals surface area contributed by atoms with Gasteiger partial charge in [0.05, 0.1) is 12.1 Å². The van der Waals surface area contributed by atoms with Crippen molar-refractivity contribution >= 4 is 11.6 Å². The zero-order valence-electron chi connectivity index (χ0n) is 10.9. The van der Waals surface area contributed by atoms with Gasteiger partial charge in [-0.2, -0.15) is 0 Å². The van der Waals surface area contributed by atoms with Gasteiger partial charge in [0.15, 0.2) is 0 Å². The van der Waals surface area contributed by atoms with Crippen molar-refractivity contribution in [3.63, 3.8) is 0 Å². The maximum absolute atomic E-state index is 6.13. The third-order valence-corrected chi connectivity index (χ3v) is 3.48. The highest BCUT2D eigenvalue weighted by atomic mass is 35.5. The number of nitrogens with zero attached hydrogens (tertiary/aromatic N) is 1. The van der Waals surface area contributed by atoms with Gasteiger partial charge in [0.25, 0.3) is 0 Å². The van der Waals surface area contributed by atoms with E-state index in [0.717, 1.165) is 0 Å². The van der Waals surface area contributed by atoms with Crippen molar-refractivity contribution in [2.45, 2.75) is 18.9 Å². The fraction of sp³-hybridized carbons (Fsp3) is 0.538. The van der Waals surface area contributed by atoms with Gasteiger partial charge >= 0.3 is 0 Å². The molecule has 2 N–H and O–H groups in total. The minimum Gasteiger partial charge on any atom is -0.495 e. The lowest BCUT2D eigenvalue weighted by atomic mass is 9.92. The molecule has 0 spiro atoms. The molecular weight excluding hydrogens is 236 g/mol. The first-order valence-electron chi connectivity index (χ1n) is 5.71. The fourth-order valence-corrected chi connectivity index (χ4v) is 2.32. The highest BCUT2D eigenvalue weighted by molar-refractivity contribution is 6.32. The molecule has 4 heteroatoms. The van der Waals surface area contributed by atoms with Crippen LogP contribution in [0.1, 0.15) is 18.4 Å². The van der Waals surface area contributed by atoms with E-state index in [-0.39, 0.29) is 0 Å². The highest BCUT2D eigenvalue weighted by Gasteiger charge is 2.20. The van der Waals surface area contributed by atoms with Crippen molar-refractivity contribution in [3.8, 4) is 5.75 Å². The summed E-state index contributed by atoms with van der Waals surface area (Å²) in [5.74, 6) is 1.04. The molecule has 17 heavy (non-hydrogen) atoms. The number of benzene rings is 1. The molecule has 0 aliphatic carbocycles. The maximum Gasteiger partial charge on any atom is 0.137 e. The first-order chi connectivity index (χ1) is 8.01. The Morgan fingerprint density at radius 2 is 2.06 bits per heavy atom. The molecule has 0 bridgehead atoms. The minimum absolute atomic E-state index is 0.305. The largest absolute Gasteiger partial charge is 0.495 e. The molecule has 0 aliphatic heterocycles. The van der Waals surface area contributed by atoms with Crippen molar-refractivity contribution in [2.24, 2.45) is 5.73 Å². The van der Waals surface area contributed by atoms with Gasteiger partial charge in [0.1, 0.15) is 5.75 Å². The number of methoxy groups -OCH3 is 1. The van der Waals surface area contributed by atoms with Crippen LogP contribution in [0.15, 0.2) is 18.2 Å². The molecule has 0 saturated carbocycles. The van der Waals surface area contributed by atoms with Crippen LogP contribution in [-0.2, 0) is 0 Å². The Morgan fingerprint density at radius 3 is 2.47 bits per heavy atom. The lowest BCUT2D eigenvalue weighted by molar-refractivity contribution is 0.266. The minimum atomic E-state index is 0.305. The summed E-state index contributed by atoms with van der Waals surface area (Å²) in [7, 11) is 5.70. The van der Waals surface area contributed by atoms with Gasteiger partial charge in [-0.1, -0.05) is 24.6 Å². The van der Waals surface area contributed by atoms with Crippen LogP contribution in [0.4, 0.5) is 0 Å². The van der Waals surface area contributed by atoms with Crippen LogP contribution in [0, 0.1) is 0 Å². The third kappa shape index (κ3) is 3.35. The Bertz CT molecular complexity index is 368. The number of likely N-dealkylation sites (N-methyl/N-ethyl adjacent to an activating group) is 1. The van der Waals surface area contributed by atoms with E-state index < -0.39 is 0 Å². The zero-order valence-corrected chi connectivity index (χ0v) is 11.7. The van der Waals surface area contributed by atoms with Gasteiger partial charge < -0.3 is 15.4 Å². The van der Waals surface area contributed by atoms with Crippen LogP contribution in [0.2, 0.25) is 5.02 Å². The molecule has 0 fully saturated rings. The van der Waals surface area contributed by atoms with Crippen LogP contribution in [0.5, 0.6) is 5.75 Å². The number of nitrogens with two attached hydrogens (primary N) is 1. The van der Waals surface area contributed by atoms with Crippen LogP contribution < -0.4 is 10.5 Å². The summed E-state index contributed by atoms with van der Waals surface area (Å²) >= 11 is 6.13. The number of rotatable bonds is 5. The van der Waals surface area contributed by atoms with Crippen LogP contribution >= 0.6 is 11.6 Å². The summed E-state index contributed by atoms with van der Waals surface area (Å²) < 4.78 is 5.15. The third-order valence-electron chi connectivity index (χ3n) is 3.18. The zero-order chi connectivity index (χ0) is 13.0. The standard InChI is InChI=1S/C13H21ClN2O/c1-9(12(8-15)16(2)3)10-5-6-13(17-4)11(14)7-10/h5-7,9,12H,8,15H2,1-4H3. The molecule has 0 radical (unpaired) electrons. The molecule has 1 aromatic carbocycles. The van der Waals surface area contributed by atoms with Gasteiger partial charge in [-0.3, -0.25) is 0 Å². The van der Waals surface area contributed by atoms with Crippen molar-refractivity contribution < 1.29 is 4.74 Å². The second-order valence-corrected chi connectivity index (χ2v) is 4.86. The maximum atomic E-state index is 6.13. The van der Waals surface area contributed by atoms with Gasteiger partial charge in [0.2, 0.25) is 0 Å². The second-order valence-electron chi connectivity index (χ2n) is 4.45. The Morgan fingerprint density at radius 1 is 1.41 bits per heavy atom. The molecule has 0 aromatic heterocycles. The number of halogens is 1. The summed E-state index contributed by atoms with van der Waals surface area (Å²) in [5.41, 5.74) is 6.99. The Hall–Kier alpha value is -0.770. The SMILES string of the molecule is COc1ccc(C(C)C(CN)N(C)C)cc1Cl. The molecule has 2 unspecified atom stereocenters. The summed E-state index contributed by atoms with van der Waals surface area (Å²) in [6.45, 7) is 2.79. The molecule has 3 nitrogen and oxygen atoms in total. The van der Waals surface area contributed by atoms with Gasteiger partial charge in [-0.25, -0.2) is 0 Å². The topological polar surface area (TPSA) is 38.5 Å². The highest BCUT2D eigenvalue weighted by Crippen LogP contribution is 2.30. The first-order valence-corrected chi connectivity index (χ1v) is 6.09. The number of hydrogen-bond donors (Lipinski definition) is 1. The predicted molar refractivity (Wildman–Crippen MR) is 72.9 cm³/mol. The van der Waals surface area contributed by atoms with E-state index >= 15 is 0 Å². The molecule has 0 saturated heterocycles. The Kier molecular flexibility index (Phi) is 5.25. The van der Waals surface area contributed by atoms with E-state index in [1.807, 2.05) is 32.3 Å². The average Bonchev–Trinajstić information content (AvgIpc) is 2.29. The fourth-order valence-electron chi connectivity index (χ4n) is 2.05. The molecular formula is C13H21ClN2O. The molecule has 1 aromatic rings. The van der Waals surface area contributed by atoms with E-state index in [4.69, 9.17) is 22.1 Å². The van der Waals surface area contributed by atoms with Crippen LogP contribution in [-0.4, -0.2) is 38.7 Å². The van der Waals surface area contributed by atoms with E-state index in [9.17, 15) is 0 Å². The van der Waals surface area contributed by atoms with Gasteiger partial charge in [-0.05, 0) is 37.7 Å².